The summed E-state index contributed by atoms with van der Waals surface area (Å²) in [7, 11) is 0. The molecule has 0 radical (unpaired) electrons. The number of ether oxygens (including phenoxy) is 1. The topological polar surface area (TPSA) is 89.0 Å². The number of nitrogen functional groups attached to an aromatic ring is 1. The molecule has 0 aliphatic carbocycles. The number of carbonyl (C=O) groups excluding carboxylic acids is 2. The van der Waals surface area contributed by atoms with E-state index < -0.39 is 0 Å². The molecule has 0 unspecified atom stereocenters. The third kappa shape index (κ3) is 4.36. The lowest BCUT2D eigenvalue weighted by atomic mass is 10.2. The monoisotopic (exact) mass is 357 g/mol. The van der Waals surface area contributed by atoms with E-state index in [1.165, 1.54) is 6.26 Å². The van der Waals surface area contributed by atoms with Crippen molar-refractivity contribution < 1.29 is 18.7 Å². The number of furan rings is 1. The van der Waals surface area contributed by atoms with Gasteiger partial charge in [0.25, 0.3) is 5.91 Å². The Morgan fingerprint density at radius 2 is 1.77 bits per heavy atom. The van der Waals surface area contributed by atoms with E-state index in [1.807, 2.05) is 18.2 Å². The minimum absolute atomic E-state index is 0.0831. The number of hydrogen-bond acceptors (Lipinski definition) is 5. The van der Waals surface area contributed by atoms with E-state index in [0.717, 1.165) is 0 Å². The molecule has 2 N–H and O–H groups in total. The summed E-state index contributed by atoms with van der Waals surface area (Å²) in [4.78, 5) is 28.0. The summed E-state index contributed by atoms with van der Waals surface area (Å²) in [6.45, 7) is 2.55. The van der Waals surface area contributed by atoms with Crippen molar-refractivity contribution in [3.05, 3.63) is 48.4 Å². The summed E-state index contributed by atoms with van der Waals surface area (Å²) < 4.78 is 10.7. The maximum atomic E-state index is 12.3. The first-order chi connectivity index (χ1) is 12.6. The lowest BCUT2D eigenvalue weighted by Crippen LogP contribution is -2.50. The van der Waals surface area contributed by atoms with Crippen molar-refractivity contribution in [2.45, 2.75) is 12.8 Å². The van der Waals surface area contributed by atoms with Crippen LogP contribution in [0.25, 0.3) is 0 Å². The highest BCUT2D eigenvalue weighted by Gasteiger charge is 2.25. The van der Waals surface area contributed by atoms with Gasteiger partial charge in [-0.25, -0.2) is 0 Å². The van der Waals surface area contributed by atoms with E-state index in [4.69, 9.17) is 14.9 Å². The summed E-state index contributed by atoms with van der Waals surface area (Å²) in [5, 5.41) is 0. The molecule has 2 amide bonds. The van der Waals surface area contributed by atoms with E-state index >= 15 is 0 Å². The van der Waals surface area contributed by atoms with Gasteiger partial charge in [-0.05, 0) is 30.7 Å². The van der Waals surface area contributed by atoms with Crippen LogP contribution in [-0.2, 0) is 4.79 Å². The van der Waals surface area contributed by atoms with E-state index in [0.29, 0.717) is 62.8 Å². The Balaban J connectivity index is 1.37. The minimum Gasteiger partial charge on any atom is -0.491 e. The van der Waals surface area contributed by atoms with Gasteiger partial charge in [-0.3, -0.25) is 9.59 Å². The number of nitrogens with zero attached hydrogens (tertiary/aromatic N) is 2. The average Bonchev–Trinajstić information content (AvgIpc) is 3.20. The predicted molar refractivity (Wildman–Crippen MR) is 96.8 cm³/mol. The zero-order valence-corrected chi connectivity index (χ0v) is 14.6. The second-order valence-corrected chi connectivity index (χ2v) is 6.14. The van der Waals surface area contributed by atoms with E-state index in [1.54, 1.807) is 28.0 Å². The lowest BCUT2D eigenvalue weighted by molar-refractivity contribution is -0.132. The van der Waals surface area contributed by atoms with Crippen molar-refractivity contribution in [2.75, 3.05) is 38.5 Å². The third-order valence-electron chi connectivity index (χ3n) is 4.36. The van der Waals surface area contributed by atoms with Gasteiger partial charge in [0.1, 0.15) is 5.75 Å². The van der Waals surface area contributed by atoms with Crippen LogP contribution >= 0.6 is 0 Å². The molecule has 7 nitrogen and oxygen atoms in total. The first kappa shape index (κ1) is 17.8. The molecular weight excluding hydrogens is 334 g/mol. The average molecular weight is 357 g/mol. The second-order valence-electron chi connectivity index (χ2n) is 6.14. The Hall–Kier alpha value is -2.96. The van der Waals surface area contributed by atoms with Crippen molar-refractivity contribution in [3.63, 3.8) is 0 Å². The Kier molecular flexibility index (Phi) is 5.78. The number of para-hydroxylation sites is 2. The van der Waals surface area contributed by atoms with Crippen LogP contribution in [0.4, 0.5) is 5.69 Å². The molecule has 3 rings (SSSR count). The van der Waals surface area contributed by atoms with Crippen LogP contribution < -0.4 is 10.5 Å². The molecular formula is C19H23N3O4. The Morgan fingerprint density at radius 1 is 1.04 bits per heavy atom. The summed E-state index contributed by atoms with van der Waals surface area (Å²) in [6, 6.07) is 10.6. The summed E-state index contributed by atoms with van der Waals surface area (Å²) in [6.07, 6.45) is 2.52. The summed E-state index contributed by atoms with van der Waals surface area (Å²) >= 11 is 0. The number of rotatable bonds is 6. The number of amides is 2. The van der Waals surface area contributed by atoms with Crippen LogP contribution in [0.15, 0.2) is 47.1 Å². The molecule has 0 bridgehead atoms. The number of carbonyl (C=O) groups is 2. The van der Waals surface area contributed by atoms with Crippen LogP contribution in [0, 0.1) is 0 Å². The van der Waals surface area contributed by atoms with Crippen LogP contribution in [0.5, 0.6) is 5.75 Å². The van der Waals surface area contributed by atoms with Gasteiger partial charge < -0.3 is 24.7 Å². The zero-order valence-electron chi connectivity index (χ0n) is 14.6. The maximum absolute atomic E-state index is 12.3. The molecule has 1 aliphatic rings. The lowest BCUT2D eigenvalue weighted by Gasteiger charge is -2.34. The van der Waals surface area contributed by atoms with Crippen LogP contribution in [0.1, 0.15) is 23.4 Å². The molecule has 2 aromatic rings. The molecule has 1 saturated heterocycles. The Labute approximate surface area is 152 Å². The normalized spacial score (nSPS) is 14.3. The van der Waals surface area contributed by atoms with Crippen LogP contribution in [-0.4, -0.2) is 54.4 Å². The molecule has 1 aromatic heterocycles. The van der Waals surface area contributed by atoms with Gasteiger partial charge >= 0.3 is 0 Å². The zero-order chi connectivity index (χ0) is 18.4. The predicted octanol–water partition coefficient (Wildman–Crippen LogP) is 2.01. The van der Waals surface area contributed by atoms with Gasteiger partial charge in [-0.1, -0.05) is 12.1 Å². The van der Waals surface area contributed by atoms with Crippen LogP contribution in [0.2, 0.25) is 0 Å². The van der Waals surface area contributed by atoms with Crippen molar-refractivity contribution in [1.29, 1.82) is 0 Å². The van der Waals surface area contributed by atoms with Crippen molar-refractivity contribution >= 4 is 17.5 Å². The van der Waals surface area contributed by atoms with Gasteiger partial charge in [0.2, 0.25) is 5.91 Å². The van der Waals surface area contributed by atoms with Gasteiger partial charge in [0, 0.05) is 32.6 Å². The standard InChI is InChI=1S/C19H23N3O4/c20-15-5-1-2-6-16(15)25-14-4-8-18(23)21-9-11-22(12-10-21)19(24)17-7-3-13-26-17/h1-3,5-7,13H,4,8-12,14,20H2. The molecule has 1 aliphatic heterocycles. The second kappa shape index (κ2) is 8.42. The number of hydrogen-bond donors (Lipinski definition) is 1. The van der Waals surface area contributed by atoms with E-state index in [2.05, 4.69) is 0 Å². The fourth-order valence-electron chi connectivity index (χ4n) is 2.89. The first-order valence-electron chi connectivity index (χ1n) is 8.73. The summed E-state index contributed by atoms with van der Waals surface area (Å²) in [5.74, 6) is 0.933. The highest BCUT2D eigenvalue weighted by molar-refractivity contribution is 5.91. The highest BCUT2D eigenvalue weighted by Crippen LogP contribution is 2.20. The van der Waals surface area contributed by atoms with Gasteiger partial charge in [0.05, 0.1) is 18.6 Å². The third-order valence-corrected chi connectivity index (χ3v) is 4.36. The summed E-state index contributed by atoms with van der Waals surface area (Å²) in [5.41, 5.74) is 6.41. The Morgan fingerprint density at radius 3 is 2.46 bits per heavy atom. The van der Waals surface area contributed by atoms with Gasteiger partial charge in [0.15, 0.2) is 5.76 Å². The number of piperazine rings is 1. The molecule has 7 heteroatoms. The maximum Gasteiger partial charge on any atom is 0.289 e. The van der Waals surface area contributed by atoms with Gasteiger partial charge in [-0.15, -0.1) is 0 Å². The molecule has 1 aromatic carbocycles. The molecule has 1 fully saturated rings. The SMILES string of the molecule is Nc1ccccc1OCCCC(=O)N1CCN(C(=O)c2ccco2)CC1. The van der Waals surface area contributed by atoms with Crippen molar-refractivity contribution in [1.82, 2.24) is 9.80 Å². The van der Waals surface area contributed by atoms with Crippen molar-refractivity contribution in [2.24, 2.45) is 0 Å². The molecule has 0 saturated carbocycles. The van der Waals surface area contributed by atoms with E-state index in [-0.39, 0.29) is 11.8 Å². The largest absolute Gasteiger partial charge is 0.491 e. The molecule has 0 spiro atoms. The van der Waals surface area contributed by atoms with Crippen molar-refractivity contribution in [3.8, 4) is 5.75 Å². The fourth-order valence-corrected chi connectivity index (χ4v) is 2.89. The highest BCUT2D eigenvalue weighted by atomic mass is 16.5. The number of anilines is 1. The fraction of sp³-hybridized carbons (Fsp3) is 0.368. The van der Waals surface area contributed by atoms with Crippen LogP contribution in [0.3, 0.4) is 0 Å². The minimum atomic E-state index is -0.129. The first-order valence-corrected chi connectivity index (χ1v) is 8.73. The molecule has 26 heavy (non-hydrogen) atoms. The quantitative estimate of drug-likeness (QED) is 0.631. The smallest absolute Gasteiger partial charge is 0.289 e. The Bertz CT molecular complexity index is 737. The van der Waals surface area contributed by atoms with Gasteiger partial charge in [-0.2, -0.15) is 0 Å². The molecule has 138 valence electrons. The molecule has 2 heterocycles. The van der Waals surface area contributed by atoms with E-state index in [9.17, 15) is 9.59 Å². The number of nitrogens with two attached hydrogens (primary N) is 1. The number of benzene rings is 1. The molecule has 0 atom stereocenters.